The Morgan fingerprint density at radius 2 is 1.94 bits per heavy atom. The smallest absolute Gasteiger partial charge is 0.239 e. The van der Waals surface area contributed by atoms with Gasteiger partial charge in [0.2, 0.25) is 5.91 Å². The maximum absolute atomic E-state index is 11.5. The van der Waals surface area contributed by atoms with E-state index in [0.717, 1.165) is 11.4 Å². The first-order valence-corrected chi connectivity index (χ1v) is 5.42. The van der Waals surface area contributed by atoms with Gasteiger partial charge in [-0.25, -0.2) is 0 Å². The molecule has 1 aromatic heterocycles. The molecule has 2 rings (SSSR count). The standard InChI is InChI=1S/C13H14N2O2/c16-13(15-9-12-7-4-8-17-12)10-14-11-5-2-1-3-6-11/h1-8,14H,9-10H2,(H,15,16). The van der Waals surface area contributed by atoms with Gasteiger partial charge in [0.15, 0.2) is 0 Å². The van der Waals surface area contributed by atoms with E-state index in [1.54, 1.807) is 12.3 Å². The van der Waals surface area contributed by atoms with E-state index in [-0.39, 0.29) is 12.5 Å². The van der Waals surface area contributed by atoms with Gasteiger partial charge in [-0.3, -0.25) is 4.79 Å². The first kappa shape index (κ1) is 11.3. The molecule has 0 spiro atoms. The third-order valence-corrected chi connectivity index (χ3v) is 2.27. The number of anilines is 1. The predicted molar refractivity (Wildman–Crippen MR) is 65.5 cm³/mol. The number of para-hydroxylation sites is 1. The molecule has 0 aliphatic carbocycles. The van der Waals surface area contributed by atoms with Crippen LogP contribution in [0.2, 0.25) is 0 Å². The summed E-state index contributed by atoms with van der Waals surface area (Å²) in [6.45, 7) is 0.674. The van der Waals surface area contributed by atoms with Gasteiger partial charge in [-0.05, 0) is 24.3 Å². The molecule has 88 valence electrons. The molecule has 1 heterocycles. The fourth-order valence-electron chi connectivity index (χ4n) is 1.40. The molecule has 2 N–H and O–H groups in total. The van der Waals surface area contributed by atoms with E-state index in [2.05, 4.69) is 10.6 Å². The van der Waals surface area contributed by atoms with Crippen LogP contribution in [0.15, 0.2) is 53.1 Å². The van der Waals surface area contributed by atoms with Gasteiger partial charge < -0.3 is 15.1 Å². The molecule has 0 bridgehead atoms. The predicted octanol–water partition coefficient (Wildman–Crippen LogP) is 2.01. The van der Waals surface area contributed by atoms with E-state index in [4.69, 9.17) is 4.42 Å². The summed E-state index contributed by atoms with van der Waals surface area (Å²) in [7, 11) is 0. The van der Waals surface area contributed by atoms with Crippen molar-refractivity contribution >= 4 is 11.6 Å². The SMILES string of the molecule is O=C(CNc1ccccc1)NCc1ccco1. The van der Waals surface area contributed by atoms with Crippen molar-refractivity contribution in [1.29, 1.82) is 0 Å². The molecule has 0 aliphatic rings. The fraction of sp³-hybridized carbons (Fsp3) is 0.154. The average molecular weight is 230 g/mol. The Morgan fingerprint density at radius 3 is 2.65 bits per heavy atom. The number of furan rings is 1. The highest BCUT2D eigenvalue weighted by molar-refractivity contribution is 5.80. The Labute approximate surface area is 99.6 Å². The lowest BCUT2D eigenvalue weighted by Crippen LogP contribution is -2.29. The van der Waals surface area contributed by atoms with Crippen LogP contribution in [-0.2, 0) is 11.3 Å². The van der Waals surface area contributed by atoms with Crippen LogP contribution in [0, 0.1) is 0 Å². The van der Waals surface area contributed by atoms with E-state index in [1.807, 2.05) is 36.4 Å². The number of carbonyl (C=O) groups excluding carboxylic acids is 1. The number of carbonyl (C=O) groups is 1. The molecule has 1 amide bonds. The second-order valence-electron chi connectivity index (χ2n) is 3.58. The zero-order valence-electron chi connectivity index (χ0n) is 9.35. The maximum Gasteiger partial charge on any atom is 0.239 e. The van der Waals surface area contributed by atoms with Crippen LogP contribution in [0.5, 0.6) is 0 Å². The van der Waals surface area contributed by atoms with Crippen molar-refractivity contribution in [2.45, 2.75) is 6.54 Å². The first-order chi connectivity index (χ1) is 8.34. The largest absolute Gasteiger partial charge is 0.467 e. The molecule has 0 radical (unpaired) electrons. The highest BCUT2D eigenvalue weighted by Crippen LogP contribution is 2.03. The highest BCUT2D eigenvalue weighted by atomic mass is 16.3. The van der Waals surface area contributed by atoms with Gasteiger partial charge in [-0.1, -0.05) is 18.2 Å². The van der Waals surface area contributed by atoms with Crippen LogP contribution in [0.4, 0.5) is 5.69 Å². The van der Waals surface area contributed by atoms with E-state index < -0.39 is 0 Å². The molecule has 0 atom stereocenters. The molecule has 1 aromatic carbocycles. The van der Waals surface area contributed by atoms with Crippen molar-refractivity contribution in [2.75, 3.05) is 11.9 Å². The third kappa shape index (κ3) is 3.68. The minimum Gasteiger partial charge on any atom is -0.467 e. The number of nitrogens with one attached hydrogen (secondary N) is 2. The van der Waals surface area contributed by atoms with E-state index in [1.165, 1.54) is 0 Å². The summed E-state index contributed by atoms with van der Waals surface area (Å²) in [5.41, 5.74) is 0.931. The second-order valence-corrected chi connectivity index (χ2v) is 3.58. The van der Waals surface area contributed by atoms with Crippen LogP contribution in [0.3, 0.4) is 0 Å². The topological polar surface area (TPSA) is 54.3 Å². The molecule has 0 unspecified atom stereocenters. The lowest BCUT2D eigenvalue weighted by atomic mass is 10.3. The Morgan fingerprint density at radius 1 is 1.12 bits per heavy atom. The molecular weight excluding hydrogens is 216 g/mol. The van der Waals surface area contributed by atoms with Crippen LogP contribution in [-0.4, -0.2) is 12.5 Å². The lowest BCUT2D eigenvalue weighted by Gasteiger charge is -2.06. The zero-order chi connectivity index (χ0) is 11.9. The van der Waals surface area contributed by atoms with E-state index >= 15 is 0 Å². The van der Waals surface area contributed by atoms with Crippen molar-refractivity contribution < 1.29 is 9.21 Å². The molecule has 4 nitrogen and oxygen atoms in total. The Bertz CT molecular complexity index is 452. The summed E-state index contributed by atoms with van der Waals surface area (Å²) in [4.78, 5) is 11.5. The van der Waals surface area contributed by atoms with Crippen molar-refractivity contribution in [3.8, 4) is 0 Å². The van der Waals surface area contributed by atoms with Crippen molar-refractivity contribution in [3.05, 3.63) is 54.5 Å². The van der Waals surface area contributed by atoms with Crippen LogP contribution >= 0.6 is 0 Å². The van der Waals surface area contributed by atoms with E-state index in [0.29, 0.717) is 6.54 Å². The van der Waals surface area contributed by atoms with Gasteiger partial charge >= 0.3 is 0 Å². The Kier molecular flexibility index (Phi) is 3.81. The van der Waals surface area contributed by atoms with Gasteiger partial charge in [-0.15, -0.1) is 0 Å². The first-order valence-electron chi connectivity index (χ1n) is 5.42. The molecule has 2 aromatic rings. The number of amides is 1. The van der Waals surface area contributed by atoms with Crippen molar-refractivity contribution in [3.63, 3.8) is 0 Å². The Balaban J connectivity index is 1.71. The fourth-order valence-corrected chi connectivity index (χ4v) is 1.40. The summed E-state index contributed by atoms with van der Waals surface area (Å²) in [5, 5.41) is 5.79. The molecule has 0 saturated heterocycles. The van der Waals surface area contributed by atoms with Gasteiger partial charge in [0.25, 0.3) is 0 Å². The maximum atomic E-state index is 11.5. The highest BCUT2D eigenvalue weighted by Gasteiger charge is 2.01. The molecule has 0 aliphatic heterocycles. The summed E-state index contributed by atoms with van der Waals surface area (Å²) in [6.07, 6.45) is 1.59. The third-order valence-electron chi connectivity index (χ3n) is 2.27. The second kappa shape index (κ2) is 5.75. The van der Waals surface area contributed by atoms with Crippen LogP contribution in [0.1, 0.15) is 5.76 Å². The van der Waals surface area contributed by atoms with Crippen molar-refractivity contribution in [2.24, 2.45) is 0 Å². The van der Waals surface area contributed by atoms with Gasteiger partial charge in [0, 0.05) is 5.69 Å². The van der Waals surface area contributed by atoms with Crippen LogP contribution < -0.4 is 10.6 Å². The normalized spacial score (nSPS) is 9.88. The lowest BCUT2D eigenvalue weighted by molar-refractivity contribution is -0.119. The van der Waals surface area contributed by atoms with E-state index in [9.17, 15) is 4.79 Å². The summed E-state index contributed by atoms with van der Waals surface area (Å²) >= 11 is 0. The number of hydrogen-bond acceptors (Lipinski definition) is 3. The average Bonchev–Trinajstić information content (AvgIpc) is 2.88. The molecule has 0 fully saturated rings. The molecular formula is C13H14N2O2. The summed E-state index contributed by atoms with van der Waals surface area (Å²) < 4.78 is 5.11. The summed E-state index contributed by atoms with van der Waals surface area (Å²) in [6, 6.07) is 13.2. The molecule has 4 heteroatoms. The number of hydrogen-bond donors (Lipinski definition) is 2. The van der Waals surface area contributed by atoms with Gasteiger partial charge in [-0.2, -0.15) is 0 Å². The molecule has 17 heavy (non-hydrogen) atoms. The van der Waals surface area contributed by atoms with Crippen molar-refractivity contribution in [1.82, 2.24) is 5.32 Å². The Hall–Kier alpha value is -2.23. The van der Waals surface area contributed by atoms with Gasteiger partial charge in [0.1, 0.15) is 5.76 Å². The molecule has 0 saturated carbocycles. The number of rotatable bonds is 5. The zero-order valence-corrected chi connectivity index (χ0v) is 9.35. The van der Waals surface area contributed by atoms with Crippen LogP contribution in [0.25, 0.3) is 0 Å². The monoisotopic (exact) mass is 230 g/mol. The summed E-state index contributed by atoms with van der Waals surface area (Å²) in [5.74, 6) is 0.684. The minimum absolute atomic E-state index is 0.0646. The minimum atomic E-state index is -0.0646. The number of benzene rings is 1. The van der Waals surface area contributed by atoms with Gasteiger partial charge in [0.05, 0.1) is 19.4 Å². The quantitative estimate of drug-likeness (QED) is 0.826.